The van der Waals surface area contributed by atoms with Crippen molar-refractivity contribution in [3.8, 4) is 0 Å². The summed E-state index contributed by atoms with van der Waals surface area (Å²) in [6.45, 7) is 0.966. The lowest BCUT2D eigenvalue weighted by Crippen LogP contribution is -2.28. The number of fused-ring (bicyclic) bond motifs is 1. The molecule has 1 aromatic rings. The maximum atomic E-state index is 11.8. The fraction of sp³-hybridized carbons (Fsp3) is 0.462. The number of unbranched alkanes of at least 4 members (excludes halogenated alkanes) is 3. The van der Waals surface area contributed by atoms with E-state index in [1.807, 2.05) is 11.0 Å². The van der Waals surface area contributed by atoms with Gasteiger partial charge in [0, 0.05) is 13.2 Å². The van der Waals surface area contributed by atoms with Crippen LogP contribution in [0.1, 0.15) is 25.7 Å². The van der Waals surface area contributed by atoms with Gasteiger partial charge in [0.2, 0.25) is 0 Å². The lowest BCUT2D eigenvalue weighted by molar-refractivity contribution is 0.282. The number of rotatable bonds is 6. The smallest absolute Gasteiger partial charge is 0.285 e. The second-order valence-corrected chi connectivity index (χ2v) is 6.10. The molecule has 1 aromatic carbocycles. The molecule has 0 saturated heterocycles. The molecule has 5 nitrogen and oxygen atoms in total. The normalized spacial score (nSPS) is 16.4. The number of anilines is 1. The van der Waals surface area contributed by atoms with Gasteiger partial charge in [-0.2, -0.15) is 8.42 Å². The molecule has 0 bridgehead atoms. The van der Waals surface area contributed by atoms with Crippen molar-refractivity contribution < 1.29 is 13.5 Å². The molecule has 1 aliphatic heterocycles. The van der Waals surface area contributed by atoms with E-state index in [4.69, 9.17) is 5.11 Å². The Hall–Kier alpha value is -1.40. The molecule has 0 aromatic heterocycles. The van der Waals surface area contributed by atoms with Crippen molar-refractivity contribution in [1.82, 2.24) is 0 Å². The molecule has 1 N–H and O–H groups in total. The predicted molar refractivity (Wildman–Crippen MR) is 75.0 cm³/mol. The number of nitrogens with zero attached hydrogens (tertiary/aromatic N) is 2. The Morgan fingerprint density at radius 1 is 1.11 bits per heavy atom. The van der Waals surface area contributed by atoms with Crippen molar-refractivity contribution in [2.24, 2.45) is 4.40 Å². The van der Waals surface area contributed by atoms with Crippen LogP contribution in [0, 0.1) is 0 Å². The molecule has 0 atom stereocenters. The zero-order valence-corrected chi connectivity index (χ0v) is 11.5. The molecule has 19 heavy (non-hydrogen) atoms. The second-order valence-electron chi connectivity index (χ2n) is 4.49. The minimum absolute atomic E-state index is 0.228. The van der Waals surface area contributed by atoms with Crippen LogP contribution in [0.3, 0.4) is 0 Å². The average Bonchev–Trinajstić information content (AvgIpc) is 2.41. The molecule has 0 aliphatic carbocycles. The molecular weight excluding hydrogens is 264 g/mol. The van der Waals surface area contributed by atoms with Crippen LogP contribution in [0.2, 0.25) is 0 Å². The Morgan fingerprint density at radius 2 is 1.84 bits per heavy atom. The van der Waals surface area contributed by atoms with E-state index in [1.54, 1.807) is 18.2 Å². The molecule has 1 aliphatic rings. The topological polar surface area (TPSA) is 70.0 Å². The van der Waals surface area contributed by atoms with Gasteiger partial charge in [0.05, 0.1) is 5.69 Å². The van der Waals surface area contributed by atoms with Gasteiger partial charge in [-0.25, -0.2) is 0 Å². The maximum Gasteiger partial charge on any atom is 0.285 e. The van der Waals surface area contributed by atoms with Crippen LogP contribution in [0.4, 0.5) is 5.69 Å². The number of para-hydroxylation sites is 1. The molecule has 2 rings (SSSR count). The summed E-state index contributed by atoms with van der Waals surface area (Å²) in [6, 6.07) is 6.91. The van der Waals surface area contributed by atoms with Crippen molar-refractivity contribution in [3.05, 3.63) is 24.3 Å². The van der Waals surface area contributed by atoms with Gasteiger partial charge >= 0.3 is 0 Å². The minimum Gasteiger partial charge on any atom is -0.396 e. The third-order valence-corrected chi connectivity index (χ3v) is 4.36. The van der Waals surface area contributed by atoms with E-state index in [-0.39, 0.29) is 11.5 Å². The Bertz CT molecular complexity index is 555. The zero-order chi connectivity index (χ0) is 13.7. The first-order valence-electron chi connectivity index (χ1n) is 6.42. The van der Waals surface area contributed by atoms with Crippen LogP contribution < -0.4 is 4.90 Å². The highest BCUT2D eigenvalue weighted by atomic mass is 32.2. The Balaban J connectivity index is 2.04. The molecule has 0 amide bonds. The standard InChI is InChI=1S/C13H18N2O3S/c16-10-6-2-1-5-9-15-11-14-19(17,18)13-8-4-3-7-12(13)15/h3-4,7-8,11,16H,1-2,5-6,9-10H2. The van der Waals surface area contributed by atoms with E-state index < -0.39 is 10.0 Å². The Morgan fingerprint density at radius 3 is 2.63 bits per heavy atom. The fourth-order valence-electron chi connectivity index (χ4n) is 2.08. The summed E-state index contributed by atoms with van der Waals surface area (Å²) < 4.78 is 27.2. The van der Waals surface area contributed by atoms with E-state index in [1.165, 1.54) is 6.34 Å². The first-order valence-corrected chi connectivity index (χ1v) is 7.86. The quantitative estimate of drug-likeness (QED) is 0.807. The van der Waals surface area contributed by atoms with Gasteiger partial charge in [0.25, 0.3) is 10.0 Å². The Labute approximate surface area is 113 Å². The van der Waals surface area contributed by atoms with Crippen LogP contribution in [-0.2, 0) is 10.0 Å². The van der Waals surface area contributed by atoms with Crippen LogP contribution in [0.25, 0.3) is 0 Å². The lowest BCUT2D eigenvalue weighted by atomic mass is 10.2. The van der Waals surface area contributed by atoms with Crippen LogP contribution >= 0.6 is 0 Å². The zero-order valence-electron chi connectivity index (χ0n) is 10.7. The monoisotopic (exact) mass is 282 g/mol. The summed E-state index contributed by atoms with van der Waals surface area (Å²) in [6.07, 6.45) is 5.16. The molecule has 0 fully saturated rings. The number of hydrogen-bond donors (Lipinski definition) is 1. The lowest BCUT2D eigenvalue weighted by Gasteiger charge is -2.24. The number of hydrogen-bond acceptors (Lipinski definition) is 4. The maximum absolute atomic E-state index is 11.8. The predicted octanol–water partition coefficient (Wildman–Crippen LogP) is 1.78. The van der Waals surface area contributed by atoms with Gasteiger partial charge in [0.1, 0.15) is 11.2 Å². The molecule has 0 radical (unpaired) electrons. The third kappa shape index (κ3) is 3.33. The van der Waals surface area contributed by atoms with Crippen molar-refractivity contribution in [2.75, 3.05) is 18.1 Å². The number of benzene rings is 1. The van der Waals surface area contributed by atoms with Gasteiger partial charge in [-0.05, 0) is 25.0 Å². The van der Waals surface area contributed by atoms with Gasteiger partial charge in [0.15, 0.2) is 0 Å². The van der Waals surface area contributed by atoms with Gasteiger partial charge < -0.3 is 10.0 Å². The third-order valence-electron chi connectivity index (χ3n) is 3.09. The summed E-state index contributed by atoms with van der Waals surface area (Å²) in [5, 5.41) is 8.70. The van der Waals surface area contributed by atoms with E-state index in [2.05, 4.69) is 4.40 Å². The highest BCUT2D eigenvalue weighted by Crippen LogP contribution is 2.29. The van der Waals surface area contributed by atoms with E-state index >= 15 is 0 Å². The number of aliphatic hydroxyl groups is 1. The van der Waals surface area contributed by atoms with Crippen LogP contribution in [-0.4, -0.2) is 33.0 Å². The fourth-order valence-corrected chi connectivity index (χ4v) is 3.13. The second kappa shape index (κ2) is 6.16. The summed E-state index contributed by atoms with van der Waals surface area (Å²) >= 11 is 0. The van der Waals surface area contributed by atoms with Gasteiger partial charge in [-0.15, -0.1) is 4.40 Å². The molecule has 6 heteroatoms. The van der Waals surface area contributed by atoms with Crippen molar-refractivity contribution in [2.45, 2.75) is 30.6 Å². The highest BCUT2D eigenvalue weighted by molar-refractivity contribution is 7.90. The summed E-state index contributed by atoms with van der Waals surface area (Å²) in [5.41, 5.74) is 0.694. The minimum atomic E-state index is -3.52. The molecule has 0 spiro atoms. The summed E-state index contributed by atoms with van der Waals surface area (Å²) in [4.78, 5) is 2.14. The van der Waals surface area contributed by atoms with E-state index in [0.29, 0.717) is 5.69 Å². The summed E-state index contributed by atoms with van der Waals surface area (Å²) in [7, 11) is -3.52. The summed E-state index contributed by atoms with van der Waals surface area (Å²) in [5.74, 6) is 0. The van der Waals surface area contributed by atoms with Gasteiger partial charge in [-0.1, -0.05) is 25.0 Å². The first-order chi connectivity index (χ1) is 9.15. The van der Waals surface area contributed by atoms with E-state index in [0.717, 1.165) is 32.2 Å². The van der Waals surface area contributed by atoms with Crippen molar-refractivity contribution in [1.29, 1.82) is 0 Å². The number of sulfonamides is 1. The molecular formula is C13H18N2O3S. The molecule has 1 heterocycles. The number of aliphatic hydroxyl groups excluding tert-OH is 1. The Kier molecular flexibility index (Phi) is 4.55. The molecule has 0 saturated carbocycles. The van der Waals surface area contributed by atoms with Crippen LogP contribution in [0.15, 0.2) is 33.6 Å². The SMILES string of the molecule is O=S1(=O)N=CN(CCCCCCO)c2ccccc21. The first kappa shape index (κ1) is 14.0. The van der Waals surface area contributed by atoms with Gasteiger partial charge in [-0.3, -0.25) is 0 Å². The van der Waals surface area contributed by atoms with E-state index in [9.17, 15) is 8.42 Å². The molecule has 104 valence electrons. The van der Waals surface area contributed by atoms with Crippen molar-refractivity contribution >= 4 is 22.0 Å². The molecule has 0 unspecified atom stereocenters. The van der Waals surface area contributed by atoms with Crippen molar-refractivity contribution in [3.63, 3.8) is 0 Å². The average molecular weight is 282 g/mol. The highest BCUT2D eigenvalue weighted by Gasteiger charge is 2.24. The largest absolute Gasteiger partial charge is 0.396 e. The van der Waals surface area contributed by atoms with Crippen LogP contribution in [0.5, 0.6) is 0 Å².